The van der Waals surface area contributed by atoms with Crippen LogP contribution in [-0.2, 0) is 6.42 Å². The van der Waals surface area contributed by atoms with Gasteiger partial charge in [0.2, 0.25) is 0 Å². The molecule has 1 atom stereocenters. The van der Waals surface area contributed by atoms with Crippen molar-refractivity contribution in [1.29, 1.82) is 0 Å². The number of aryl methyl sites for hydroxylation is 2. The minimum atomic E-state index is 0.150. The van der Waals surface area contributed by atoms with E-state index in [1.807, 2.05) is 13.1 Å². The summed E-state index contributed by atoms with van der Waals surface area (Å²) in [7, 11) is 1.94. The Kier molecular flexibility index (Phi) is 4.10. The Balaban J connectivity index is 2.26. The van der Waals surface area contributed by atoms with Gasteiger partial charge in [-0.25, -0.2) is 0 Å². The summed E-state index contributed by atoms with van der Waals surface area (Å²) >= 11 is 5.83. The molecule has 2 aromatic rings. The summed E-state index contributed by atoms with van der Waals surface area (Å²) in [6.07, 6.45) is 0.902. The van der Waals surface area contributed by atoms with Gasteiger partial charge in [0, 0.05) is 0 Å². The Hall–Kier alpha value is -1.25. The largest absolute Gasteiger partial charge is 0.448 e. The van der Waals surface area contributed by atoms with Crippen molar-refractivity contribution in [2.75, 3.05) is 7.05 Å². The van der Waals surface area contributed by atoms with Gasteiger partial charge in [-0.15, -0.1) is 0 Å². The average Bonchev–Trinajstić information content (AvgIpc) is 2.76. The molecule has 0 radical (unpaired) electrons. The second-order valence-corrected chi connectivity index (χ2v) is 4.93. The van der Waals surface area contributed by atoms with Crippen LogP contribution in [0.5, 0.6) is 0 Å². The molecule has 0 spiro atoms. The van der Waals surface area contributed by atoms with Gasteiger partial charge in [-0.3, -0.25) is 0 Å². The number of hydrogen-bond donors (Lipinski definition) is 1. The lowest BCUT2D eigenvalue weighted by atomic mass is 9.95. The third-order valence-corrected chi connectivity index (χ3v) is 3.54. The molecule has 3 heteroatoms. The zero-order valence-corrected chi connectivity index (χ0v) is 11.7. The molecule has 0 aliphatic rings. The van der Waals surface area contributed by atoms with Gasteiger partial charge in [0.1, 0.15) is 5.76 Å². The van der Waals surface area contributed by atoms with Crippen molar-refractivity contribution in [2.45, 2.75) is 26.3 Å². The van der Waals surface area contributed by atoms with Crippen molar-refractivity contribution < 1.29 is 4.42 Å². The van der Waals surface area contributed by atoms with E-state index in [4.69, 9.17) is 16.0 Å². The summed E-state index contributed by atoms with van der Waals surface area (Å²) in [4.78, 5) is 0. The van der Waals surface area contributed by atoms with E-state index in [1.165, 1.54) is 16.7 Å². The van der Waals surface area contributed by atoms with Crippen LogP contribution >= 0.6 is 11.6 Å². The average molecular weight is 264 g/mol. The number of rotatable bonds is 4. The van der Waals surface area contributed by atoms with Crippen molar-refractivity contribution >= 4 is 11.6 Å². The maximum Gasteiger partial charge on any atom is 0.193 e. The smallest absolute Gasteiger partial charge is 0.193 e. The second-order valence-electron chi connectivity index (χ2n) is 4.56. The monoisotopic (exact) mass is 263 g/mol. The van der Waals surface area contributed by atoms with Crippen LogP contribution in [0.15, 0.2) is 34.7 Å². The summed E-state index contributed by atoms with van der Waals surface area (Å²) in [5, 5.41) is 3.72. The molecule has 1 aromatic heterocycles. The number of likely N-dealkylation sites (N-methyl/N-ethyl adjacent to an activating group) is 1. The van der Waals surface area contributed by atoms with Gasteiger partial charge in [-0.1, -0.05) is 18.2 Å². The molecule has 0 fully saturated rings. The Bertz CT molecular complexity index is 513. The van der Waals surface area contributed by atoms with Crippen molar-refractivity contribution in [3.8, 4) is 0 Å². The zero-order valence-electron chi connectivity index (χ0n) is 11.0. The lowest BCUT2D eigenvalue weighted by Crippen LogP contribution is -2.19. The molecule has 2 nitrogen and oxygen atoms in total. The Morgan fingerprint density at radius 3 is 2.33 bits per heavy atom. The summed E-state index contributed by atoms with van der Waals surface area (Å²) < 4.78 is 5.49. The molecule has 0 saturated carbocycles. The van der Waals surface area contributed by atoms with Gasteiger partial charge in [0.25, 0.3) is 0 Å². The number of benzene rings is 1. The number of furan rings is 1. The van der Waals surface area contributed by atoms with Gasteiger partial charge in [0.05, 0.1) is 6.04 Å². The van der Waals surface area contributed by atoms with Crippen LogP contribution in [0.4, 0.5) is 0 Å². The summed E-state index contributed by atoms with van der Waals surface area (Å²) in [5.74, 6) is 0.880. The molecule has 0 bridgehead atoms. The molecular weight excluding hydrogens is 246 g/mol. The van der Waals surface area contributed by atoms with E-state index in [-0.39, 0.29) is 6.04 Å². The molecule has 1 aromatic carbocycles. The molecule has 0 amide bonds. The SMILES string of the molecule is CNC(Cc1c(C)cccc1C)c1ccc(Cl)o1. The van der Waals surface area contributed by atoms with Crippen LogP contribution in [0, 0.1) is 13.8 Å². The van der Waals surface area contributed by atoms with Gasteiger partial charge in [-0.2, -0.15) is 0 Å². The Morgan fingerprint density at radius 1 is 1.17 bits per heavy atom. The van der Waals surface area contributed by atoms with E-state index in [1.54, 1.807) is 6.07 Å². The van der Waals surface area contributed by atoms with Gasteiger partial charge in [0.15, 0.2) is 5.22 Å². The molecule has 2 rings (SSSR count). The van der Waals surface area contributed by atoms with Crippen molar-refractivity contribution in [3.63, 3.8) is 0 Å². The lowest BCUT2D eigenvalue weighted by molar-refractivity contribution is 0.430. The summed E-state index contributed by atoms with van der Waals surface area (Å²) in [6.45, 7) is 4.29. The van der Waals surface area contributed by atoms with Crippen molar-refractivity contribution in [1.82, 2.24) is 5.32 Å². The number of halogens is 1. The zero-order chi connectivity index (χ0) is 13.1. The van der Waals surface area contributed by atoms with Gasteiger partial charge >= 0.3 is 0 Å². The highest BCUT2D eigenvalue weighted by Crippen LogP contribution is 2.25. The van der Waals surface area contributed by atoms with Crippen LogP contribution in [0.3, 0.4) is 0 Å². The van der Waals surface area contributed by atoms with E-state index in [2.05, 4.69) is 37.4 Å². The molecule has 1 heterocycles. The van der Waals surface area contributed by atoms with E-state index in [0.717, 1.165) is 12.2 Å². The first kappa shape index (κ1) is 13.2. The topological polar surface area (TPSA) is 25.2 Å². The second kappa shape index (κ2) is 5.59. The van der Waals surface area contributed by atoms with Crippen molar-refractivity contribution in [3.05, 3.63) is 58.0 Å². The number of nitrogens with one attached hydrogen (secondary N) is 1. The normalized spacial score (nSPS) is 12.7. The highest BCUT2D eigenvalue weighted by atomic mass is 35.5. The maximum atomic E-state index is 5.83. The van der Waals surface area contributed by atoms with E-state index >= 15 is 0 Å². The first-order chi connectivity index (χ1) is 8.61. The highest BCUT2D eigenvalue weighted by molar-refractivity contribution is 6.28. The molecule has 96 valence electrons. The molecule has 0 aliphatic carbocycles. The molecular formula is C15H18ClNO. The minimum Gasteiger partial charge on any atom is -0.448 e. The third kappa shape index (κ3) is 2.77. The van der Waals surface area contributed by atoms with Crippen LogP contribution in [0.2, 0.25) is 5.22 Å². The minimum absolute atomic E-state index is 0.150. The molecule has 0 saturated heterocycles. The number of hydrogen-bond acceptors (Lipinski definition) is 2. The van der Waals surface area contributed by atoms with Crippen LogP contribution in [-0.4, -0.2) is 7.05 Å². The molecule has 1 unspecified atom stereocenters. The van der Waals surface area contributed by atoms with Gasteiger partial charge < -0.3 is 9.73 Å². The van der Waals surface area contributed by atoms with Crippen molar-refractivity contribution in [2.24, 2.45) is 0 Å². The van der Waals surface area contributed by atoms with Gasteiger partial charge in [-0.05, 0) is 67.7 Å². The lowest BCUT2D eigenvalue weighted by Gasteiger charge is -2.17. The summed E-state index contributed by atoms with van der Waals surface area (Å²) in [6, 6.07) is 10.2. The standard InChI is InChI=1S/C15H18ClNO/c1-10-5-4-6-11(2)12(10)9-13(17-3)14-7-8-15(16)18-14/h4-8,13,17H,9H2,1-3H3. The third-order valence-electron chi connectivity index (χ3n) is 3.34. The van der Waals surface area contributed by atoms with E-state index < -0.39 is 0 Å². The fraction of sp³-hybridized carbons (Fsp3) is 0.333. The predicted molar refractivity (Wildman–Crippen MR) is 75.1 cm³/mol. The molecule has 0 aliphatic heterocycles. The Morgan fingerprint density at radius 2 is 1.83 bits per heavy atom. The van der Waals surface area contributed by atoms with E-state index in [0.29, 0.717) is 5.22 Å². The fourth-order valence-electron chi connectivity index (χ4n) is 2.24. The summed E-state index contributed by atoms with van der Waals surface area (Å²) in [5.41, 5.74) is 3.99. The fourth-order valence-corrected chi connectivity index (χ4v) is 2.39. The first-order valence-electron chi connectivity index (χ1n) is 6.09. The predicted octanol–water partition coefficient (Wildman–Crippen LogP) is 4.05. The van der Waals surface area contributed by atoms with E-state index in [9.17, 15) is 0 Å². The van der Waals surface area contributed by atoms with Crippen LogP contribution in [0.1, 0.15) is 28.5 Å². The van der Waals surface area contributed by atoms with Crippen LogP contribution in [0.25, 0.3) is 0 Å². The molecule has 1 N–H and O–H groups in total. The maximum absolute atomic E-state index is 5.83. The quantitative estimate of drug-likeness (QED) is 0.900. The molecule has 18 heavy (non-hydrogen) atoms. The highest BCUT2D eigenvalue weighted by Gasteiger charge is 2.16. The Labute approximate surface area is 113 Å². The van der Waals surface area contributed by atoms with Crippen LogP contribution < -0.4 is 5.32 Å². The first-order valence-corrected chi connectivity index (χ1v) is 6.47.